The molecule has 0 saturated heterocycles. The summed E-state index contributed by atoms with van der Waals surface area (Å²) in [5.41, 5.74) is 0.752. The molecule has 0 aliphatic rings. The van der Waals surface area contributed by atoms with E-state index in [4.69, 9.17) is 28.9 Å². The Labute approximate surface area is 97.2 Å². The minimum absolute atomic E-state index is 0.209. The number of thiocarbonyl (C=S) groups is 1. The van der Waals surface area contributed by atoms with Crippen LogP contribution < -0.4 is 10.6 Å². The van der Waals surface area contributed by atoms with E-state index in [2.05, 4.69) is 10.6 Å². The third kappa shape index (κ3) is 4.62. The molecule has 1 rings (SSSR count). The average Bonchev–Trinajstić information content (AvgIpc) is 2.19. The summed E-state index contributed by atoms with van der Waals surface area (Å²) < 4.78 is 0. The number of halogens is 1. The molecule has 6 heteroatoms. The molecule has 0 radical (unpaired) electrons. The largest absolute Gasteiger partial charge is 0.480 e. The van der Waals surface area contributed by atoms with Crippen molar-refractivity contribution in [1.82, 2.24) is 5.32 Å². The first-order chi connectivity index (χ1) is 7.08. The first-order valence-corrected chi connectivity index (χ1v) is 4.89. The highest BCUT2D eigenvalue weighted by atomic mass is 35.5. The zero-order chi connectivity index (χ0) is 11.3. The lowest BCUT2D eigenvalue weighted by molar-refractivity contribution is -0.135. The highest BCUT2D eigenvalue weighted by Crippen LogP contribution is 2.12. The summed E-state index contributed by atoms with van der Waals surface area (Å²) in [6.07, 6.45) is 0. The monoisotopic (exact) mass is 244 g/mol. The number of aliphatic carboxylic acids is 1. The number of carboxylic acid groups (broad SMARTS) is 1. The fourth-order valence-corrected chi connectivity index (χ4v) is 1.18. The first kappa shape index (κ1) is 11.7. The van der Waals surface area contributed by atoms with Crippen molar-refractivity contribution in [1.29, 1.82) is 0 Å². The molecule has 0 atom stereocenters. The van der Waals surface area contributed by atoms with Crippen molar-refractivity contribution in [2.75, 3.05) is 11.9 Å². The first-order valence-electron chi connectivity index (χ1n) is 4.10. The Kier molecular flexibility index (Phi) is 4.33. The summed E-state index contributed by atoms with van der Waals surface area (Å²) >= 11 is 10.6. The van der Waals surface area contributed by atoms with Gasteiger partial charge in [-0.2, -0.15) is 0 Å². The lowest BCUT2D eigenvalue weighted by Gasteiger charge is -2.08. The molecule has 0 heterocycles. The summed E-state index contributed by atoms with van der Waals surface area (Å²) in [6, 6.07) is 6.92. The molecule has 0 spiro atoms. The number of anilines is 1. The minimum atomic E-state index is -0.963. The van der Waals surface area contributed by atoms with Gasteiger partial charge in [-0.25, -0.2) is 0 Å². The summed E-state index contributed by atoms with van der Waals surface area (Å²) in [4.78, 5) is 10.2. The number of nitrogens with one attached hydrogen (secondary N) is 2. The number of hydrogen-bond donors (Lipinski definition) is 3. The van der Waals surface area contributed by atoms with Crippen molar-refractivity contribution >= 4 is 40.6 Å². The Morgan fingerprint density at radius 1 is 1.40 bits per heavy atom. The predicted octanol–water partition coefficient (Wildman–Crippen LogP) is 1.71. The molecule has 1 aromatic carbocycles. The van der Waals surface area contributed by atoms with Gasteiger partial charge in [0.1, 0.15) is 6.54 Å². The lowest BCUT2D eigenvalue weighted by atomic mass is 10.3. The molecule has 0 aromatic heterocycles. The number of rotatable bonds is 3. The van der Waals surface area contributed by atoms with Crippen LogP contribution in [0.2, 0.25) is 5.02 Å². The molecular formula is C9H9ClN2O2S. The molecule has 0 saturated carbocycles. The van der Waals surface area contributed by atoms with Crippen LogP contribution in [0.15, 0.2) is 24.3 Å². The molecule has 3 N–H and O–H groups in total. The van der Waals surface area contributed by atoms with Crippen molar-refractivity contribution in [3.05, 3.63) is 29.3 Å². The second kappa shape index (κ2) is 5.53. The maximum atomic E-state index is 10.2. The summed E-state index contributed by atoms with van der Waals surface area (Å²) in [6.45, 7) is -0.209. The lowest BCUT2D eigenvalue weighted by Crippen LogP contribution is -2.32. The van der Waals surface area contributed by atoms with Crippen molar-refractivity contribution in [2.24, 2.45) is 0 Å². The Morgan fingerprint density at radius 3 is 2.53 bits per heavy atom. The maximum Gasteiger partial charge on any atom is 0.322 e. The molecule has 4 nitrogen and oxygen atoms in total. The summed E-state index contributed by atoms with van der Waals surface area (Å²) in [5, 5.41) is 14.6. The van der Waals surface area contributed by atoms with Crippen LogP contribution in [0.4, 0.5) is 5.69 Å². The van der Waals surface area contributed by atoms with Crippen LogP contribution in [0.1, 0.15) is 0 Å². The van der Waals surface area contributed by atoms with Crippen LogP contribution in [-0.4, -0.2) is 22.7 Å². The van der Waals surface area contributed by atoms with Crippen molar-refractivity contribution < 1.29 is 9.90 Å². The fraction of sp³-hybridized carbons (Fsp3) is 0.111. The van der Waals surface area contributed by atoms with E-state index in [1.165, 1.54) is 0 Å². The molecule has 0 aliphatic carbocycles. The Bertz CT molecular complexity index is 367. The van der Waals surface area contributed by atoms with Gasteiger partial charge in [-0.05, 0) is 36.5 Å². The summed E-state index contributed by atoms with van der Waals surface area (Å²) in [7, 11) is 0. The van der Waals surface area contributed by atoms with Gasteiger partial charge in [0.2, 0.25) is 0 Å². The van der Waals surface area contributed by atoms with E-state index in [1.54, 1.807) is 24.3 Å². The predicted molar refractivity (Wildman–Crippen MR) is 63.3 cm³/mol. The molecule has 0 fully saturated rings. The van der Waals surface area contributed by atoms with Gasteiger partial charge >= 0.3 is 5.97 Å². The SMILES string of the molecule is O=C(O)CNC(=S)Nc1ccc(Cl)cc1. The van der Waals surface area contributed by atoms with Gasteiger partial charge in [0.05, 0.1) is 0 Å². The van der Waals surface area contributed by atoms with E-state index in [1.807, 2.05) is 0 Å². The third-order valence-electron chi connectivity index (χ3n) is 1.50. The van der Waals surface area contributed by atoms with Gasteiger partial charge in [-0.3, -0.25) is 4.79 Å². The van der Waals surface area contributed by atoms with Gasteiger partial charge in [-0.15, -0.1) is 0 Å². The maximum absolute atomic E-state index is 10.2. The van der Waals surface area contributed by atoms with Crippen molar-refractivity contribution in [2.45, 2.75) is 0 Å². The van der Waals surface area contributed by atoms with Gasteiger partial charge < -0.3 is 15.7 Å². The van der Waals surface area contributed by atoms with Gasteiger partial charge in [0, 0.05) is 10.7 Å². The van der Waals surface area contributed by atoms with E-state index in [0.717, 1.165) is 5.69 Å². The molecule has 0 bridgehead atoms. The van der Waals surface area contributed by atoms with E-state index < -0.39 is 5.97 Å². The van der Waals surface area contributed by atoms with Gasteiger partial charge in [-0.1, -0.05) is 11.6 Å². The Morgan fingerprint density at radius 2 is 2.00 bits per heavy atom. The zero-order valence-electron chi connectivity index (χ0n) is 7.66. The van der Waals surface area contributed by atoms with E-state index in [0.29, 0.717) is 5.02 Å². The molecule has 0 unspecified atom stereocenters. The molecule has 80 valence electrons. The molecular weight excluding hydrogens is 236 g/mol. The van der Waals surface area contributed by atoms with E-state index in [9.17, 15) is 4.79 Å². The average molecular weight is 245 g/mol. The molecule has 1 aromatic rings. The van der Waals surface area contributed by atoms with Crippen LogP contribution in [0, 0.1) is 0 Å². The van der Waals surface area contributed by atoms with Crippen molar-refractivity contribution in [3.63, 3.8) is 0 Å². The quantitative estimate of drug-likeness (QED) is 0.707. The van der Waals surface area contributed by atoms with E-state index >= 15 is 0 Å². The van der Waals surface area contributed by atoms with Crippen LogP contribution >= 0.6 is 23.8 Å². The Balaban J connectivity index is 2.44. The van der Waals surface area contributed by atoms with Crippen LogP contribution in [0.25, 0.3) is 0 Å². The Hall–Kier alpha value is -1.33. The van der Waals surface area contributed by atoms with Gasteiger partial charge in [0.15, 0.2) is 5.11 Å². The van der Waals surface area contributed by atoms with E-state index in [-0.39, 0.29) is 11.7 Å². The minimum Gasteiger partial charge on any atom is -0.480 e. The highest BCUT2D eigenvalue weighted by Gasteiger charge is 1.99. The highest BCUT2D eigenvalue weighted by molar-refractivity contribution is 7.80. The van der Waals surface area contributed by atoms with Crippen LogP contribution in [0.3, 0.4) is 0 Å². The topological polar surface area (TPSA) is 61.4 Å². The molecule has 15 heavy (non-hydrogen) atoms. The second-order valence-corrected chi connectivity index (χ2v) is 3.55. The smallest absolute Gasteiger partial charge is 0.322 e. The normalized spacial score (nSPS) is 9.40. The van der Waals surface area contributed by atoms with Crippen molar-refractivity contribution in [3.8, 4) is 0 Å². The number of hydrogen-bond acceptors (Lipinski definition) is 2. The number of carboxylic acids is 1. The molecule has 0 aliphatic heterocycles. The number of carbonyl (C=O) groups is 1. The van der Waals surface area contributed by atoms with Crippen LogP contribution in [-0.2, 0) is 4.79 Å². The number of benzene rings is 1. The zero-order valence-corrected chi connectivity index (χ0v) is 9.23. The fourth-order valence-electron chi connectivity index (χ4n) is 0.864. The van der Waals surface area contributed by atoms with Gasteiger partial charge in [0.25, 0.3) is 0 Å². The second-order valence-electron chi connectivity index (χ2n) is 2.71. The standard InChI is InChI=1S/C9H9ClN2O2S/c10-6-1-3-7(4-2-6)12-9(15)11-5-8(13)14/h1-4H,5H2,(H,13,14)(H2,11,12,15). The molecule has 0 amide bonds. The third-order valence-corrected chi connectivity index (χ3v) is 2.00. The summed E-state index contributed by atoms with van der Waals surface area (Å²) in [5.74, 6) is -0.963. The van der Waals surface area contributed by atoms with Crippen LogP contribution in [0.5, 0.6) is 0 Å².